The first kappa shape index (κ1) is 12.1. The lowest BCUT2D eigenvalue weighted by Crippen LogP contribution is -2.06. The highest BCUT2D eigenvalue weighted by atomic mass is 35.5. The van der Waals surface area contributed by atoms with Gasteiger partial charge < -0.3 is 4.57 Å². The molecule has 0 unspecified atom stereocenters. The minimum Gasteiger partial charge on any atom is -0.301 e. The van der Waals surface area contributed by atoms with Crippen molar-refractivity contribution in [2.45, 2.75) is 5.16 Å². The average molecular weight is 272 g/mol. The predicted octanol–water partition coefficient (Wildman–Crippen LogP) is 1.54. The second kappa shape index (κ2) is 4.12. The van der Waals surface area contributed by atoms with E-state index in [0.29, 0.717) is 10.8 Å². The summed E-state index contributed by atoms with van der Waals surface area (Å²) < 4.78 is 24.3. The Morgan fingerprint density at radius 3 is 2.24 bits per heavy atom. The van der Waals surface area contributed by atoms with Crippen molar-refractivity contribution in [3.8, 4) is 11.4 Å². The summed E-state index contributed by atoms with van der Waals surface area (Å²) in [4.78, 5) is 0. The third-order valence-electron chi connectivity index (χ3n) is 2.27. The molecule has 2 aromatic rings. The summed E-state index contributed by atoms with van der Waals surface area (Å²) in [6.45, 7) is 0. The van der Waals surface area contributed by atoms with Crippen LogP contribution < -0.4 is 0 Å². The molecule has 2 rings (SSSR count). The van der Waals surface area contributed by atoms with E-state index in [1.807, 2.05) is 0 Å². The van der Waals surface area contributed by atoms with E-state index in [4.69, 9.17) is 11.6 Å². The van der Waals surface area contributed by atoms with E-state index in [1.54, 1.807) is 31.3 Å². The van der Waals surface area contributed by atoms with Gasteiger partial charge in [-0.05, 0) is 24.3 Å². The molecule has 0 amide bonds. The Balaban J connectivity index is 2.55. The molecule has 0 bridgehead atoms. The number of sulfone groups is 1. The van der Waals surface area contributed by atoms with Crippen molar-refractivity contribution in [3.63, 3.8) is 0 Å². The summed E-state index contributed by atoms with van der Waals surface area (Å²) >= 11 is 5.78. The van der Waals surface area contributed by atoms with Gasteiger partial charge in [0.25, 0.3) is 0 Å². The zero-order chi connectivity index (χ0) is 12.6. The fourth-order valence-electron chi connectivity index (χ4n) is 1.49. The molecule has 0 saturated carbocycles. The van der Waals surface area contributed by atoms with Crippen LogP contribution in [0.25, 0.3) is 11.4 Å². The van der Waals surface area contributed by atoms with Crippen molar-refractivity contribution in [1.82, 2.24) is 14.8 Å². The van der Waals surface area contributed by atoms with Crippen molar-refractivity contribution in [3.05, 3.63) is 29.3 Å². The maximum absolute atomic E-state index is 11.4. The smallest absolute Gasteiger partial charge is 0.249 e. The van der Waals surface area contributed by atoms with Gasteiger partial charge in [0.15, 0.2) is 5.82 Å². The summed E-state index contributed by atoms with van der Waals surface area (Å²) in [5, 5.41) is 8.11. The molecule has 0 saturated heterocycles. The van der Waals surface area contributed by atoms with Crippen LogP contribution in [0.4, 0.5) is 0 Å². The Labute approximate surface area is 104 Å². The second-order valence-electron chi connectivity index (χ2n) is 3.64. The Bertz CT molecular complexity index is 647. The van der Waals surface area contributed by atoms with Gasteiger partial charge in [-0.15, -0.1) is 10.2 Å². The fraction of sp³-hybridized carbons (Fsp3) is 0.200. The second-order valence-corrected chi connectivity index (χ2v) is 5.99. The Hall–Kier alpha value is -1.40. The van der Waals surface area contributed by atoms with E-state index in [2.05, 4.69) is 10.2 Å². The zero-order valence-electron chi connectivity index (χ0n) is 9.25. The van der Waals surface area contributed by atoms with Crippen LogP contribution in [0.1, 0.15) is 0 Å². The molecule has 17 heavy (non-hydrogen) atoms. The molecular weight excluding hydrogens is 262 g/mol. The largest absolute Gasteiger partial charge is 0.301 e. The van der Waals surface area contributed by atoms with Crippen LogP contribution in [0.2, 0.25) is 5.02 Å². The fourth-order valence-corrected chi connectivity index (χ4v) is 2.39. The minimum absolute atomic E-state index is 0.0533. The number of benzene rings is 1. The molecule has 1 heterocycles. The topological polar surface area (TPSA) is 64.8 Å². The third-order valence-corrected chi connectivity index (χ3v) is 3.54. The van der Waals surface area contributed by atoms with Gasteiger partial charge in [0.05, 0.1) is 0 Å². The van der Waals surface area contributed by atoms with E-state index in [-0.39, 0.29) is 5.16 Å². The molecule has 0 aliphatic rings. The van der Waals surface area contributed by atoms with Crippen LogP contribution in [0.3, 0.4) is 0 Å². The monoisotopic (exact) mass is 271 g/mol. The number of hydrogen-bond donors (Lipinski definition) is 0. The van der Waals surface area contributed by atoms with Gasteiger partial charge in [0, 0.05) is 23.9 Å². The van der Waals surface area contributed by atoms with Gasteiger partial charge in [-0.25, -0.2) is 8.42 Å². The standard InChI is InChI=1S/C10H10ClN3O2S/c1-14-9(7-3-5-8(11)6-4-7)12-13-10(14)17(2,15)16/h3-6H,1-2H3. The lowest BCUT2D eigenvalue weighted by molar-refractivity contribution is 0.584. The summed E-state index contributed by atoms with van der Waals surface area (Å²) in [7, 11) is -1.75. The van der Waals surface area contributed by atoms with Crippen LogP contribution >= 0.6 is 11.6 Å². The maximum atomic E-state index is 11.4. The lowest BCUT2D eigenvalue weighted by Gasteiger charge is -2.02. The van der Waals surface area contributed by atoms with Gasteiger partial charge in [-0.3, -0.25) is 0 Å². The number of hydrogen-bond acceptors (Lipinski definition) is 4. The Morgan fingerprint density at radius 2 is 1.76 bits per heavy atom. The number of rotatable bonds is 2. The number of nitrogens with zero attached hydrogens (tertiary/aromatic N) is 3. The highest BCUT2D eigenvalue weighted by Crippen LogP contribution is 2.21. The van der Waals surface area contributed by atoms with E-state index in [0.717, 1.165) is 11.8 Å². The molecular formula is C10H10ClN3O2S. The Kier molecular flexibility index (Phi) is 2.92. The van der Waals surface area contributed by atoms with Crippen molar-refractivity contribution in [2.24, 2.45) is 7.05 Å². The molecule has 0 radical (unpaired) electrons. The molecule has 5 nitrogen and oxygen atoms in total. The molecule has 1 aromatic heterocycles. The van der Waals surface area contributed by atoms with Crippen molar-refractivity contribution >= 4 is 21.4 Å². The third kappa shape index (κ3) is 2.32. The van der Waals surface area contributed by atoms with Crippen molar-refractivity contribution in [1.29, 1.82) is 0 Å². The van der Waals surface area contributed by atoms with E-state index >= 15 is 0 Å². The molecule has 1 aromatic carbocycles. The molecule has 0 aliphatic heterocycles. The molecule has 0 aliphatic carbocycles. The van der Waals surface area contributed by atoms with Crippen molar-refractivity contribution in [2.75, 3.05) is 6.26 Å². The molecule has 0 atom stereocenters. The quantitative estimate of drug-likeness (QED) is 0.831. The average Bonchev–Trinajstić information content (AvgIpc) is 2.61. The molecule has 0 fully saturated rings. The van der Waals surface area contributed by atoms with E-state index in [9.17, 15) is 8.42 Å². The lowest BCUT2D eigenvalue weighted by atomic mass is 10.2. The number of halogens is 1. The van der Waals surface area contributed by atoms with Crippen LogP contribution in [0.15, 0.2) is 29.4 Å². The van der Waals surface area contributed by atoms with Gasteiger partial charge in [0.2, 0.25) is 15.0 Å². The number of aromatic nitrogens is 3. The Morgan fingerprint density at radius 1 is 1.18 bits per heavy atom. The highest BCUT2D eigenvalue weighted by molar-refractivity contribution is 7.90. The summed E-state index contributed by atoms with van der Waals surface area (Å²) in [5.41, 5.74) is 0.763. The van der Waals surface area contributed by atoms with Gasteiger partial charge >= 0.3 is 0 Å². The zero-order valence-corrected chi connectivity index (χ0v) is 10.8. The maximum Gasteiger partial charge on any atom is 0.249 e. The molecule has 0 spiro atoms. The van der Waals surface area contributed by atoms with Crippen LogP contribution in [-0.4, -0.2) is 29.4 Å². The SMILES string of the molecule is Cn1c(-c2ccc(Cl)cc2)nnc1S(C)(=O)=O. The normalized spacial score (nSPS) is 11.7. The van der Waals surface area contributed by atoms with E-state index in [1.165, 1.54) is 4.57 Å². The van der Waals surface area contributed by atoms with Gasteiger partial charge in [-0.2, -0.15) is 0 Å². The summed E-state index contributed by atoms with van der Waals surface area (Å²) in [5.74, 6) is 0.488. The van der Waals surface area contributed by atoms with E-state index < -0.39 is 9.84 Å². The predicted molar refractivity (Wildman–Crippen MR) is 64.6 cm³/mol. The first-order valence-electron chi connectivity index (χ1n) is 4.75. The van der Waals surface area contributed by atoms with Crippen LogP contribution in [0.5, 0.6) is 0 Å². The minimum atomic E-state index is -3.37. The molecule has 7 heteroatoms. The first-order chi connectivity index (χ1) is 7.89. The molecule has 90 valence electrons. The van der Waals surface area contributed by atoms with Gasteiger partial charge in [0.1, 0.15) is 0 Å². The van der Waals surface area contributed by atoms with Crippen molar-refractivity contribution < 1.29 is 8.42 Å². The van der Waals surface area contributed by atoms with Crippen LogP contribution in [-0.2, 0) is 16.9 Å². The summed E-state index contributed by atoms with van der Waals surface area (Å²) in [6.07, 6.45) is 1.10. The van der Waals surface area contributed by atoms with Gasteiger partial charge in [-0.1, -0.05) is 11.6 Å². The summed E-state index contributed by atoms with van der Waals surface area (Å²) in [6, 6.07) is 6.95. The van der Waals surface area contributed by atoms with Crippen LogP contribution in [0, 0.1) is 0 Å². The highest BCUT2D eigenvalue weighted by Gasteiger charge is 2.18. The molecule has 0 N–H and O–H groups in total. The first-order valence-corrected chi connectivity index (χ1v) is 7.02.